The molecule has 0 aliphatic rings. The van der Waals surface area contributed by atoms with Gasteiger partial charge in [0, 0.05) is 45.2 Å². The first kappa shape index (κ1) is 19.9. The summed E-state index contributed by atoms with van der Waals surface area (Å²) in [5.41, 5.74) is 1.55. The van der Waals surface area contributed by atoms with Gasteiger partial charge in [-0.15, -0.1) is 0 Å². The second kappa shape index (κ2) is 7.63. The third-order valence-electron chi connectivity index (χ3n) is 5.13. The summed E-state index contributed by atoms with van der Waals surface area (Å²) < 4.78 is 16.0. The lowest BCUT2D eigenvalue weighted by molar-refractivity contribution is -0.140. The molecule has 3 aromatic rings. The van der Waals surface area contributed by atoms with Gasteiger partial charge in [0.2, 0.25) is 5.78 Å². The normalized spacial score (nSPS) is 11.6. The van der Waals surface area contributed by atoms with Crippen molar-refractivity contribution in [3.8, 4) is 0 Å². The van der Waals surface area contributed by atoms with Crippen LogP contribution in [-0.4, -0.2) is 49.9 Å². The number of carbonyl (C=O) groups excluding carboxylic acids is 1. The van der Waals surface area contributed by atoms with E-state index in [0.717, 1.165) is 22.4 Å². The van der Waals surface area contributed by atoms with Crippen LogP contribution in [0.3, 0.4) is 0 Å². The van der Waals surface area contributed by atoms with E-state index in [9.17, 15) is 14.4 Å². The molecule has 28 heavy (non-hydrogen) atoms. The van der Waals surface area contributed by atoms with Gasteiger partial charge in [0.15, 0.2) is 11.2 Å². The number of esters is 1. The van der Waals surface area contributed by atoms with Gasteiger partial charge >= 0.3 is 11.7 Å². The van der Waals surface area contributed by atoms with Crippen LogP contribution < -0.4 is 11.2 Å². The van der Waals surface area contributed by atoms with Crippen LogP contribution in [0, 0.1) is 13.8 Å². The van der Waals surface area contributed by atoms with E-state index in [1.54, 1.807) is 18.6 Å². The average Bonchev–Trinajstić information content (AvgIpc) is 3.17. The maximum atomic E-state index is 13.1. The van der Waals surface area contributed by atoms with Crippen LogP contribution in [0.15, 0.2) is 9.59 Å². The zero-order valence-corrected chi connectivity index (χ0v) is 16.8. The number of hydrogen-bond donors (Lipinski definition) is 0. The molecule has 0 aliphatic heterocycles. The highest BCUT2D eigenvalue weighted by molar-refractivity contribution is 5.76. The molecule has 3 aromatic heterocycles. The quantitative estimate of drug-likeness (QED) is 0.426. The van der Waals surface area contributed by atoms with Crippen LogP contribution >= 0.6 is 0 Å². The molecule has 10 nitrogen and oxygen atoms in total. The second-order valence-electron chi connectivity index (χ2n) is 6.71. The molecule has 0 spiro atoms. The van der Waals surface area contributed by atoms with Crippen molar-refractivity contribution in [3.63, 3.8) is 0 Å². The standard InChI is InChI=1S/C18H25N5O5/c1-11-12(2)23-14-15(19-17(23)21(11)8-6-10-27-4)20(3)18(26)22(16(14)25)9-7-13(24)28-5/h6-10H2,1-5H3. The zero-order chi connectivity index (χ0) is 20.6. The Balaban J connectivity index is 2.25. The van der Waals surface area contributed by atoms with Crippen molar-refractivity contribution in [3.05, 3.63) is 32.2 Å². The Labute approximate surface area is 160 Å². The van der Waals surface area contributed by atoms with Crippen molar-refractivity contribution in [1.82, 2.24) is 23.1 Å². The van der Waals surface area contributed by atoms with E-state index in [-0.39, 0.29) is 13.0 Å². The van der Waals surface area contributed by atoms with E-state index in [0.29, 0.717) is 30.1 Å². The van der Waals surface area contributed by atoms with Gasteiger partial charge in [-0.3, -0.25) is 23.1 Å². The van der Waals surface area contributed by atoms with Crippen molar-refractivity contribution in [1.29, 1.82) is 0 Å². The van der Waals surface area contributed by atoms with Gasteiger partial charge in [0.1, 0.15) is 0 Å². The number of ether oxygens (including phenoxy) is 2. The Morgan fingerprint density at radius 1 is 1.07 bits per heavy atom. The lowest BCUT2D eigenvalue weighted by Crippen LogP contribution is -2.40. The Morgan fingerprint density at radius 2 is 1.79 bits per heavy atom. The molecule has 0 aromatic carbocycles. The fraction of sp³-hybridized carbons (Fsp3) is 0.556. The fourth-order valence-electron chi connectivity index (χ4n) is 3.45. The number of imidazole rings is 2. The third kappa shape index (κ3) is 3.03. The first-order chi connectivity index (χ1) is 13.3. The van der Waals surface area contributed by atoms with Gasteiger partial charge < -0.3 is 14.0 Å². The highest BCUT2D eigenvalue weighted by Crippen LogP contribution is 2.20. The Bertz CT molecular complexity index is 1160. The molecule has 3 heterocycles. The largest absolute Gasteiger partial charge is 0.469 e. The molecule has 0 atom stereocenters. The third-order valence-corrected chi connectivity index (χ3v) is 5.13. The first-order valence-corrected chi connectivity index (χ1v) is 9.06. The van der Waals surface area contributed by atoms with Crippen LogP contribution in [0.2, 0.25) is 0 Å². The maximum absolute atomic E-state index is 13.1. The van der Waals surface area contributed by atoms with Gasteiger partial charge in [-0.1, -0.05) is 0 Å². The fourth-order valence-corrected chi connectivity index (χ4v) is 3.45. The molecule has 0 amide bonds. The summed E-state index contributed by atoms with van der Waals surface area (Å²) in [5.74, 6) is 0.128. The van der Waals surface area contributed by atoms with E-state index in [1.807, 2.05) is 18.4 Å². The zero-order valence-electron chi connectivity index (χ0n) is 16.8. The van der Waals surface area contributed by atoms with Crippen LogP contribution in [0.5, 0.6) is 0 Å². The van der Waals surface area contributed by atoms with Crippen molar-refractivity contribution in [2.45, 2.75) is 39.8 Å². The Hall–Kier alpha value is -2.88. The lowest BCUT2D eigenvalue weighted by atomic mass is 10.3. The van der Waals surface area contributed by atoms with E-state index in [1.165, 1.54) is 11.7 Å². The number of aromatic nitrogens is 5. The number of hydrogen-bond acceptors (Lipinski definition) is 6. The van der Waals surface area contributed by atoms with Crippen molar-refractivity contribution in [2.24, 2.45) is 7.05 Å². The van der Waals surface area contributed by atoms with Crippen molar-refractivity contribution >= 4 is 22.9 Å². The molecule has 0 saturated carbocycles. The van der Waals surface area contributed by atoms with Crippen molar-refractivity contribution < 1.29 is 14.3 Å². The molecule has 0 radical (unpaired) electrons. The first-order valence-electron chi connectivity index (χ1n) is 9.06. The predicted molar refractivity (Wildman–Crippen MR) is 103 cm³/mol. The molecule has 0 bridgehead atoms. The summed E-state index contributed by atoms with van der Waals surface area (Å²) in [7, 11) is 4.49. The topological polar surface area (TPSA) is 102 Å². The van der Waals surface area contributed by atoms with Gasteiger partial charge in [-0.2, -0.15) is 4.98 Å². The van der Waals surface area contributed by atoms with Crippen LogP contribution in [0.1, 0.15) is 24.2 Å². The van der Waals surface area contributed by atoms with Gasteiger partial charge in [0.05, 0.1) is 13.5 Å². The second-order valence-corrected chi connectivity index (χ2v) is 6.71. The van der Waals surface area contributed by atoms with Crippen LogP contribution in [-0.2, 0) is 34.4 Å². The molecular formula is C18H25N5O5. The molecule has 0 N–H and O–H groups in total. The van der Waals surface area contributed by atoms with Crippen LogP contribution in [0.25, 0.3) is 16.9 Å². The number of fused-ring (bicyclic) bond motifs is 3. The number of aryl methyl sites for hydroxylation is 3. The average molecular weight is 391 g/mol. The van der Waals surface area contributed by atoms with Gasteiger partial charge in [-0.05, 0) is 20.3 Å². The summed E-state index contributed by atoms with van der Waals surface area (Å²) in [5, 5.41) is 0. The Kier molecular flexibility index (Phi) is 5.41. The summed E-state index contributed by atoms with van der Waals surface area (Å²) in [6, 6.07) is 0. The maximum Gasteiger partial charge on any atom is 0.332 e. The molecule has 0 saturated heterocycles. The molecule has 3 rings (SSSR count). The minimum Gasteiger partial charge on any atom is -0.469 e. The minimum absolute atomic E-state index is 0.0477. The summed E-state index contributed by atoms with van der Waals surface area (Å²) >= 11 is 0. The Morgan fingerprint density at radius 3 is 2.43 bits per heavy atom. The van der Waals surface area contributed by atoms with E-state index < -0.39 is 17.2 Å². The number of nitrogens with zero attached hydrogens (tertiary/aromatic N) is 5. The molecular weight excluding hydrogens is 366 g/mol. The lowest BCUT2D eigenvalue weighted by Gasteiger charge is -2.08. The van der Waals surface area contributed by atoms with E-state index >= 15 is 0 Å². The number of methoxy groups -OCH3 is 2. The van der Waals surface area contributed by atoms with E-state index in [4.69, 9.17) is 4.74 Å². The van der Waals surface area contributed by atoms with Gasteiger partial charge in [-0.25, -0.2) is 4.79 Å². The molecule has 0 aliphatic carbocycles. The minimum atomic E-state index is -0.512. The van der Waals surface area contributed by atoms with Gasteiger partial charge in [0.25, 0.3) is 5.56 Å². The monoisotopic (exact) mass is 391 g/mol. The molecule has 0 fully saturated rings. The van der Waals surface area contributed by atoms with E-state index in [2.05, 4.69) is 9.72 Å². The SMILES string of the molecule is COCCCn1c(C)c(C)n2c3c(=O)n(CCC(=O)OC)c(=O)n(C)c3nc12. The molecule has 0 unspecified atom stereocenters. The summed E-state index contributed by atoms with van der Waals surface area (Å²) in [6.45, 7) is 5.14. The number of carbonyl (C=O) groups is 1. The summed E-state index contributed by atoms with van der Waals surface area (Å²) in [6.07, 6.45) is 0.738. The predicted octanol–water partition coefficient (Wildman–Crippen LogP) is 0.366. The number of rotatable bonds is 7. The smallest absolute Gasteiger partial charge is 0.332 e. The van der Waals surface area contributed by atoms with Crippen LogP contribution in [0.4, 0.5) is 0 Å². The highest BCUT2D eigenvalue weighted by Gasteiger charge is 2.22. The van der Waals surface area contributed by atoms with Crippen molar-refractivity contribution in [2.75, 3.05) is 20.8 Å². The highest BCUT2D eigenvalue weighted by atomic mass is 16.5. The summed E-state index contributed by atoms with van der Waals surface area (Å²) in [4.78, 5) is 41.8. The molecule has 152 valence electrons. The molecule has 10 heteroatoms.